The molecule has 6 nitrogen and oxygen atoms in total. The van der Waals surface area contributed by atoms with Gasteiger partial charge in [0.2, 0.25) is 0 Å². The van der Waals surface area contributed by atoms with Crippen molar-refractivity contribution in [2.75, 3.05) is 19.0 Å². The van der Waals surface area contributed by atoms with Crippen molar-refractivity contribution >= 4 is 11.7 Å². The van der Waals surface area contributed by atoms with Gasteiger partial charge in [-0.15, -0.1) is 0 Å². The summed E-state index contributed by atoms with van der Waals surface area (Å²) < 4.78 is 5.34. The number of furan rings is 1. The lowest BCUT2D eigenvalue weighted by Gasteiger charge is -2.29. The molecule has 2 aromatic rings. The Morgan fingerprint density at radius 3 is 2.86 bits per heavy atom. The van der Waals surface area contributed by atoms with Crippen LogP contribution in [0.25, 0.3) is 0 Å². The number of hydrogen-bond donors (Lipinski definition) is 2. The van der Waals surface area contributed by atoms with Crippen LogP contribution in [-0.4, -0.2) is 40.6 Å². The molecule has 1 atom stereocenters. The smallest absolute Gasteiger partial charge is 0.258 e. The van der Waals surface area contributed by atoms with E-state index in [0.29, 0.717) is 30.1 Å². The van der Waals surface area contributed by atoms with E-state index in [4.69, 9.17) is 4.42 Å². The zero-order valence-electron chi connectivity index (χ0n) is 12.8. The fraction of sp³-hybridized carbons (Fsp3) is 0.375. The van der Waals surface area contributed by atoms with Crippen LogP contribution < -0.4 is 5.32 Å². The molecule has 1 amide bonds. The summed E-state index contributed by atoms with van der Waals surface area (Å²) in [5, 5.41) is 12.5. The zero-order chi connectivity index (χ0) is 15.9. The van der Waals surface area contributed by atoms with E-state index in [0.717, 1.165) is 0 Å². The zero-order valence-corrected chi connectivity index (χ0v) is 12.8. The predicted molar refractivity (Wildman–Crippen MR) is 83.5 cm³/mol. The van der Waals surface area contributed by atoms with Crippen LogP contribution in [0, 0.1) is 0 Å². The van der Waals surface area contributed by atoms with E-state index < -0.39 is 0 Å². The minimum atomic E-state index is -0.275. The highest BCUT2D eigenvalue weighted by Crippen LogP contribution is 2.19. The summed E-state index contributed by atoms with van der Waals surface area (Å²) in [4.78, 5) is 18.7. The second-order valence-electron chi connectivity index (χ2n) is 4.91. The van der Waals surface area contributed by atoms with Crippen molar-refractivity contribution in [2.45, 2.75) is 25.9 Å². The number of aromatic nitrogens is 1. The van der Waals surface area contributed by atoms with Crippen LogP contribution in [0.15, 0.2) is 41.1 Å². The molecule has 0 radical (unpaired) electrons. The van der Waals surface area contributed by atoms with Crippen molar-refractivity contribution in [3.05, 3.63) is 48.0 Å². The molecule has 0 aliphatic rings. The number of aliphatic hydroxyl groups excluding tert-OH is 1. The van der Waals surface area contributed by atoms with Crippen LogP contribution in [0.1, 0.15) is 29.5 Å². The molecule has 118 valence electrons. The summed E-state index contributed by atoms with van der Waals surface area (Å²) in [7, 11) is 1.72. The fourth-order valence-electron chi connectivity index (χ4n) is 2.32. The van der Waals surface area contributed by atoms with Gasteiger partial charge in [-0.05, 0) is 30.7 Å². The van der Waals surface area contributed by atoms with E-state index in [1.54, 1.807) is 42.6 Å². The Balaban J connectivity index is 2.32. The molecule has 0 saturated heterocycles. The SMILES string of the molecule is CCC(CO)N(Cc1ccco1)C(=O)c1cccnc1NC. The van der Waals surface area contributed by atoms with Gasteiger partial charge in [-0.1, -0.05) is 6.92 Å². The molecule has 2 N–H and O–H groups in total. The lowest BCUT2D eigenvalue weighted by Crippen LogP contribution is -2.41. The van der Waals surface area contributed by atoms with Gasteiger partial charge < -0.3 is 19.7 Å². The van der Waals surface area contributed by atoms with Gasteiger partial charge in [0.1, 0.15) is 11.6 Å². The minimum absolute atomic E-state index is 0.0991. The van der Waals surface area contributed by atoms with Gasteiger partial charge in [0.05, 0.1) is 31.0 Å². The third kappa shape index (κ3) is 3.46. The normalized spacial score (nSPS) is 12.0. The van der Waals surface area contributed by atoms with Gasteiger partial charge in [0.15, 0.2) is 0 Å². The first kappa shape index (κ1) is 16.0. The van der Waals surface area contributed by atoms with E-state index >= 15 is 0 Å². The highest BCUT2D eigenvalue weighted by atomic mass is 16.3. The summed E-state index contributed by atoms with van der Waals surface area (Å²) >= 11 is 0. The number of hydrogen-bond acceptors (Lipinski definition) is 5. The lowest BCUT2D eigenvalue weighted by molar-refractivity contribution is 0.0545. The maximum absolute atomic E-state index is 12.9. The maximum Gasteiger partial charge on any atom is 0.258 e. The molecule has 1 unspecified atom stereocenters. The number of carbonyl (C=O) groups is 1. The molecule has 0 saturated carbocycles. The van der Waals surface area contributed by atoms with Crippen molar-refractivity contribution in [1.82, 2.24) is 9.88 Å². The van der Waals surface area contributed by atoms with Crippen molar-refractivity contribution in [1.29, 1.82) is 0 Å². The number of carbonyl (C=O) groups excluding carboxylic acids is 1. The van der Waals surface area contributed by atoms with E-state index in [9.17, 15) is 9.90 Å². The Hall–Kier alpha value is -2.34. The Morgan fingerprint density at radius 2 is 2.27 bits per heavy atom. The fourth-order valence-corrected chi connectivity index (χ4v) is 2.32. The molecule has 0 aliphatic heterocycles. The number of nitrogens with one attached hydrogen (secondary N) is 1. The van der Waals surface area contributed by atoms with Crippen molar-refractivity contribution < 1.29 is 14.3 Å². The first-order valence-electron chi connectivity index (χ1n) is 7.28. The molecule has 0 aliphatic carbocycles. The molecular formula is C16H21N3O3. The third-order valence-corrected chi connectivity index (χ3v) is 3.56. The topological polar surface area (TPSA) is 78.6 Å². The van der Waals surface area contributed by atoms with E-state index in [1.165, 1.54) is 0 Å². The van der Waals surface area contributed by atoms with E-state index in [1.807, 2.05) is 13.0 Å². The monoisotopic (exact) mass is 303 g/mol. The van der Waals surface area contributed by atoms with Crippen molar-refractivity contribution in [3.63, 3.8) is 0 Å². The molecule has 0 fully saturated rings. The van der Waals surface area contributed by atoms with Crippen LogP contribution >= 0.6 is 0 Å². The Labute approximate surface area is 129 Å². The largest absolute Gasteiger partial charge is 0.467 e. The second-order valence-corrected chi connectivity index (χ2v) is 4.91. The van der Waals surface area contributed by atoms with E-state index in [2.05, 4.69) is 10.3 Å². The molecule has 2 heterocycles. The molecular weight excluding hydrogens is 282 g/mol. The first-order valence-corrected chi connectivity index (χ1v) is 7.28. The lowest BCUT2D eigenvalue weighted by atomic mass is 10.1. The molecule has 0 bridgehead atoms. The summed E-state index contributed by atoms with van der Waals surface area (Å²) in [6.07, 6.45) is 3.85. The Kier molecular flexibility index (Phi) is 5.55. The average Bonchev–Trinajstić information content (AvgIpc) is 3.07. The number of pyridine rings is 1. The van der Waals surface area contributed by atoms with Gasteiger partial charge >= 0.3 is 0 Å². The molecule has 2 aromatic heterocycles. The Morgan fingerprint density at radius 1 is 1.45 bits per heavy atom. The van der Waals surface area contributed by atoms with Gasteiger partial charge in [0.25, 0.3) is 5.91 Å². The number of aliphatic hydroxyl groups is 1. The number of anilines is 1. The quantitative estimate of drug-likeness (QED) is 0.819. The van der Waals surface area contributed by atoms with Crippen LogP contribution in [0.2, 0.25) is 0 Å². The van der Waals surface area contributed by atoms with Crippen molar-refractivity contribution in [3.8, 4) is 0 Å². The summed E-state index contributed by atoms with van der Waals surface area (Å²) in [6.45, 7) is 2.15. The minimum Gasteiger partial charge on any atom is -0.467 e. The van der Waals surface area contributed by atoms with Gasteiger partial charge in [-0.2, -0.15) is 0 Å². The molecule has 2 rings (SSSR count). The van der Waals surface area contributed by atoms with Gasteiger partial charge in [0, 0.05) is 13.2 Å². The predicted octanol–water partition coefficient (Wildman–Crippen LogP) is 2.13. The maximum atomic E-state index is 12.9. The molecule has 6 heteroatoms. The van der Waals surface area contributed by atoms with Gasteiger partial charge in [-0.3, -0.25) is 4.79 Å². The number of rotatable bonds is 7. The molecule has 22 heavy (non-hydrogen) atoms. The molecule has 0 aromatic carbocycles. The van der Waals surface area contributed by atoms with E-state index in [-0.39, 0.29) is 18.6 Å². The third-order valence-electron chi connectivity index (χ3n) is 3.56. The van der Waals surface area contributed by atoms with Crippen LogP contribution in [-0.2, 0) is 6.54 Å². The van der Waals surface area contributed by atoms with Crippen LogP contribution in [0.3, 0.4) is 0 Å². The summed E-state index contributed by atoms with van der Waals surface area (Å²) in [5.41, 5.74) is 0.475. The number of nitrogens with zero attached hydrogens (tertiary/aromatic N) is 2. The Bertz CT molecular complexity index is 594. The standard InChI is InChI=1S/C16H21N3O3/c1-3-12(11-20)19(10-13-6-5-9-22-13)16(21)14-7-4-8-18-15(14)17-2/h4-9,12,20H,3,10-11H2,1-2H3,(H,17,18). The van der Waals surface area contributed by atoms with Crippen molar-refractivity contribution in [2.24, 2.45) is 0 Å². The van der Waals surface area contributed by atoms with Crippen LogP contribution in [0.5, 0.6) is 0 Å². The highest BCUT2D eigenvalue weighted by molar-refractivity contribution is 5.98. The summed E-state index contributed by atoms with van der Waals surface area (Å²) in [5.74, 6) is 1.01. The first-order chi connectivity index (χ1) is 10.7. The number of amides is 1. The molecule has 0 spiro atoms. The summed E-state index contributed by atoms with van der Waals surface area (Å²) in [6, 6.07) is 6.76. The van der Waals surface area contributed by atoms with Crippen LogP contribution in [0.4, 0.5) is 5.82 Å². The highest BCUT2D eigenvalue weighted by Gasteiger charge is 2.26. The average molecular weight is 303 g/mol. The van der Waals surface area contributed by atoms with Gasteiger partial charge in [-0.25, -0.2) is 4.98 Å². The second kappa shape index (κ2) is 7.61.